The van der Waals surface area contributed by atoms with Crippen molar-refractivity contribution < 1.29 is 4.79 Å². The fraction of sp³-hybridized carbons (Fsp3) is 0.889. The van der Waals surface area contributed by atoms with Crippen LogP contribution in [0.4, 0.5) is 0 Å². The molecule has 25 heavy (non-hydrogen) atoms. The first-order chi connectivity index (χ1) is 11.7. The molecule has 2 rings (SSSR count). The molecule has 1 aliphatic heterocycles. The monoisotopic (exact) mass is 465 g/mol. The number of carbonyl (C=O) groups excluding carboxylic acids is 1. The van der Waals surface area contributed by atoms with E-state index in [1.807, 2.05) is 11.8 Å². The summed E-state index contributed by atoms with van der Waals surface area (Å²) in [4.78, 5) is 20.9. The highest BCUT2D eigenvalue weighted by atomic mass is 127. The second-order valence-corrected chi connectivity index (χ2v) is 6.98. The number of carbonyl (C=O) groups is 1. The van der Waals surface area contributed by atoms with E-state index in [-0.39, 0.29) is 36.4 Å². The van der Waals surface area contributed by atoms with Crippen LogP contribution in [0, 0.1) is 0 Å². The number of nitrogens with zero attached hydrogens (tertiary/aromatic N) is 3. The number of hydrogen-bond acceptors (Lipinski definition) is 3. The Hall–Kier alpha value is -0.570. The molecule has 2 fully saturated rings. The molecule has 0 atom stereocenters. The van der Waals surface area contributed by atoms with Crippen molar-refractivity contribution >= 4 is 35.8 Å². The van der Waals surface area contributed by atoms with E-state index in [0.717, 1.165) is 57.6 Å². The van der Waals surface area contributed by atoms with Crippen LogP contribution in [0.2, 0.25) is 0 Å². The molecule has 2 N–H and O–H groups in total. The van der Waals surface area contributed by atoms with E-state index in [9.17, 15) is 4.79 Å². The number of guanidine groups is 1. The Kier molecular flexibility index (Phi) is 11.4. The van der Waals surface area contributed by atoms with Crippen molar-refractivity contribution in [2.45, 2.75) is 57.9 Å². The Labute approximate surface area is 170 Å². The summed E-state index contributed by atoms with van der Waals surface area (Å²) in [5, 5.41) is 6.59. The Morgan fingerprint density at radius 2 is 1.80 bits per heavy atom. The first-order valence-electron chi connectivity index (χ1n) is 9.71. The summed E-state index contributed by atoms with van der Waals surface area (Å²) >= 11 is 0. The van der Waals surface area contributed by atoms with E-state index in [0.29, 0.717) is 0 Å². The van der Waals surface area contributed by atoms with Gasteiger partial charge in [-0.25, -0.2) is 4.99 Å². The lowest BCUT2D eigenvalue weighted by Crippen LogP contribution is -2.44. The molecule has 0 radical (unpaired) electrons. The SMILES string of the molecule is CCNC(=NCC(=O)N1CCCC1)NCCN(C)C1CCCCC1.I. The van der Waals surface area contributed by atoms with Crippen molar-refractivity contribution in [1.29, 1.82) is 0 Å². The van der Waals surface area contributed by atoms with Crippen molar-refractivity contribution in [3.63, 3.8) is 0 Å². The minimum atomic E-state index is 0. The van der Waals surface area contributed by atoms with Crippen LogP contribution in [-0.4, -0.2) is 74.0 Å². The van der Waals surface area contributed by atoms with Gasteiger partial charge in [0.05, 0.1) is 0 Å². The zero-order chi connectivity index (χ0) is 17.2. The van der Waals surface area contributed by atoms with Crippen molar-refractivity contribution in [3.8, 4) is 0 Å². The highest BCUT2D eigenvalue weighted by molar-refractivity contribution is 14.0. The van der Waals surface area contributed by atoms with E-state index in [4.69, 9.17) is 0 Å². The molecule has 0 bridgehead atoms. The highest BCUT2D eigenvalue weighted by Crippen LogP contribution is 2.21. The van der Waals surface area contributed by atoms with Crippen LogP contribution in [0.3, 0.4) is 0 Å². The molecule has 146 valence electrons. The second kappa shape index (κ2) is 12.7. The van der Waals surface area contributed by atoms with Crippen molar-refractivity contribution in [2.75, 3.05) is 46.3 Å². The summed E-state index contributed by atoms with van der Waals surface area (Å²) in [6.45, 7) is 6.75. The molecule has 1 heterocycles. The van der Waals surface area contributed by atoms with E-state index in [2.05, 4.69) is 27.6 Å². The molecule has 1 saturated heterocycles. The maximum atomic E-state index is 12.1. The van der Waals surface area contributed by atoms with Gasteiger partial charge >= 0.3 is 0 Å². The van der Waals surface area contributed by atoms with Crippen molar-refractivity contribution in [2.24, 2.45) is 4.99 Å². The van der Waals surface area contributed by atoms with Gasteiger partial charge < -0.3 is 20.4 Å². The molecule has 7 heteroatoms. The van der Waals surface area contributed by atoms with Gasteiger partial charge in [0, 0.05) is 38.8 Å². The highest BCUT2D eigenvalue weighted by Gasteiger charge is 2.18. The summed E-state index contributed by atoms with van der Waals surface area (Å²) in [6, 6.07) is 0.733. The predicted molar refractivity (Wildman–Crippen MR) is 115 cm³/mol. The van der Waals surface area contributed by atoms with Crippen LogP contribution in [0.5, 0.6) is 0 Å². The van der Waals surface area contributed by atoms with E-state index < -0.39 is 0 Å². The first kappa shape index (κ1) is 22.5. The van der Waals surface area contributed by atoms with Crippen LogP contribution in [0.25, 0.3) is 0 Å². The van der Waals surface area contributed by atoms with Gasteiger partial charge in [-0.15, -0.1) is 24.0 Å². The van der Waals surface area contributed by atoms with Crippen LogP contribution >= 0.6 is 24.0 Å². The number of hydrogen-bond donors (Lipinski definition) is 2. The first-order valence-corrected chi connectivity index (χ1v) is 9.71. The predicted octanol–water partition coefficient (Wildman–Crippen LogP) is 2.05. The molecule has 1 amide bonds. The molecule has 2 aliphatic rings. The Bertz CT molecular complexity index is 406. The minimum Gasteiger partial charge on any atom is -0.357 e. The smallest absolute Gasteiger partial charge is 0.244 e. The maximum absolute atomic E-state index is 12.1. The molecule has 1 aliphatic carbocycles. The van der Waals surface area contributed by atoms with Gasteiger partial charge in [0.2, 0.25) is 5.91 Å². The molecule has 0 aromatic heterocycles. The average molecular weight is 465 g/mol. The van der Waals surface area contributed by atoms with Gasteiger partial charge in [-0.3, -0.25) is 4.79 Å². The number of likely N-dealkylation sites (N-methyl/N-ethyl adjacent to an activating group) is 1. The van der Waals surface area contributed by atoms with Gasteiger partial charge in [0.25, 0.3) is 0 Å². The lowest BCUT2D eigenvalue weighted by molar-refractivity contribution is -0.128. The number of amides is 1. The van der Waals surface area contributed by atoms with E-state index >= 15 is 0 Å². The zero-order valence-electron chi connectivity index (χ0n) is 15.9. The van der Waals surface area contributed by atoms with Crippen LogP contribution < -0.4 is 10.6 Å². The van der Waals surface area contributed by atoms with Gasteiger partial charge in [-0.1, -0.05) is 19.3 Å². The topological polar surface area (TPSA) is 60.0 Å². The second-order valence-electron chi connectivity index (χ2n) is 6.98. The van der Waals surface area contributed by atoms with Crippen molar-refractivity contribution in [3.05, 3.63) is 0 Å². The largest absolute Gasteiger partial charge is 0.357 e. The standard InChI is InChI=1S/C18H35N5O.HI/c1-3-19-18(21-15-17(24)23-12-7-8-13-23)20-11-14-22(2)16-9-5-4-6-10-16;/h16H,3-15H2,1-2H3,(H2,19,20,21);1H. The number of aliphatic imine (C=N–C) groups is 1. The fourth-order valence-electron chi connectivity index (χ4n) is 3.61. The lowest BCUT2D eigenvalue weighted by Gasteiger charge is -2.31. The van der Waals surface area contributed by atoms with E-state index in [1.165, 1.54) is 32.1 Å². The zero-order valence-corrected chi connectivity index (χ0v) is 18.3. The summed E-state index contributed by atoms with van der Waals surface area (Å²) in [5.41, 5.74) is 0. The molecule has 0 aromatic carbocycles. The normalized spacial score (nSPS) is 19.0. The third-order valence-electron chi connectivity index (χ3n) is 5.13. The maximum Gasteiger partial charge on any atom is 0.244 e. The Morgan fingerprint density at radius 3 is 2.44 bits per heavy atom. The molecule has 0 unspecified atom stereocenters. The molecule has 6 nitrogen and oxygen atoms in total. The number of halogens is 1. The number of nitrogens with one attached hydrogen (secondary N) is 2. The molecule has 0 spiro atoms. The Balaban J connectivity index is 0.00000312. The third-order valence-corrected chi connectivity index (χ3v) is 5.13. The molecular weight excluding hydrogens is 429 g/mol. The average Bonchev–Trinajstić information content (AvgIpc) is 3.14. The molecular formula is C18H36IN5O. The van der Waals surface area contributed by atoms with Crippen LogP contribution in [0.15, 0.2) is 4.99 Å². The summed E-state index contributed by atoms with van der Waals surface area (Å²) in [5.74, 6) is 0.895. The quantitative estimate of drug-likeness (QED) is 0.343. The van der Waals surface area contributed by atoms with Gasteiger partial charge in [-0.2, -0.15) is 0 Å². The van der Waals surface area contributed by atoms with Crippen molar-refractivity contribution in [1.82, 2.24) is 20.4 Å². The Morgan fingerprint density at radius 1 is 1.12 bits per heavy atom. The summed E-state index contributed by atoms with van der Waals surface area (Å²) < 4.78 is 0. The van der Waals surface area contributed by atoms with Gasteiger partial charge in [-0.05, 0) is 39.7 Å². The summed E-state index contributed by atoms with van der Waals surface area (Å²) in [7, 11) is 2.22. The molecule has 0 aromatic rings. The molecule has 1 saturated carbocycles. The fourth-order valence-corrected chi connectivity index (χ4v) is 3.61. The minimum absolute atomic E-state index is 0. The number of likely N-dealkylation sites (tertiary alicyclic amines) is 1. The van der Waals surface area contributed by atoms with Crippen LogP contribution in [0.1, 0.15) is 51.9 Å². The number of rotatable bonds is 7. The van der Waals surface area contributed by atoms with Gasteiger partial charge in [0.1, 0.15) is 6.54 Å². The lowest BCUT2D eigenvalue weighted by atomic mass is 9.94. The van der Waals surface area contributed by atoms with Crippen LogP contribution in [-0.2, 0) is 4.79 Å². The van der Waals surface area contributed by atoms with E-state index in [1.54, 1.807) is 0 Å². The summed E-state index contributed by atoms with van der Waals surface area (Å²) in [6.07, 6.45) is 9.04. The van der Waals surface area contributed by atoms with Gasteiger partial charge in [0.15, 0.2) is 5.96 Å². The third kappa shape index (κ3) is 8.11.